The first kappa shape index (κ1) is 13.5. The fourth-order valence-corrected chi connectivity index (χ4v) is 1.30. The van der Waals surface area contributed by atoms with E-state index >= 15 is 0 Å². The second kappa shape index (κ2) is 6.91. The summed E-state index contributed by atoms with van der Waals surface area (Å²) in [5, 5.41) is 0. The Balaban J connectivity index is 2.26. The highest BCUT2D eigenvalue weighted by atomic mass is 16.8. The number of hydrogen-bond acceptors (Lipinski definition) is 4. The standard InChI is InChI=1S/C13H18O4/c1-10(2)16-11(3)17-13(14)15-9-12-7-5-4-6-8-12/h4-8,10-11H,9H2,1-3H3. The summed E-state index contributed by atoms with van der Waals surface area (Å²) >= 11 is 0. The van der Waals surface area contributed by atoms with Gasteiger partial charge in [0, 0.05) is 0 Å². The van der Waals surface area contributed by atoms with Gasteiger partial charge in [-0.15, -0.1) is 0 Å². The molecule has 0 heterocycles. The maximum Gasteiger partial charge on any atom is 0.510 e. The molecule has 0 aromatic heterocycles. The molecule has 1 unspecified atom stereocenters. The molecule has 0 N–H and O–H groups in total. The zero-order chi connectivity index (χ0) is 12.7. The molecule has 0 spiro atoms. The largest absolute Gasteiger partial charge is 0.510 e. The molecule has 0 saturated carbocycles. The first-order valence-electron chi connectivity index (χ1n) is 5.60. The number of ether oxygens (including phenoxy) is 3. The van der Waals surface area contributed by atoms with Gasteiger partial charge in [-0.2, -0.15) is 0 Å². The third kappa shape index (κ3) is 5.92. The highest BCUT2D eigenvalue weighted by molar-refractivity contribution is 5.60. The number of rotatable bonds is 5. The van der Waals surface area contributed by atoms with E-state index in [0.717, 1.165) is 5.56 Å². The molecule has 94 valence electrons. The first-order valence-corrected chi connectivity index (χ1v) is 5.60. The Hall–Kier alpha value is -1.55. The van der Waals surface area contributed by atoms with Crippen molar-refractivity contribution < 1.29 is 19.0 Å². The molecule has 0 aliphatic heterocycles. The highest BCUT2D eigenvalue weighted by Crippen LogP contribution is 2.04. The normalized spacial score (nSPS) is 12.2. The van der Waals surface area contributed by atoms with Gasteiger partial charge in [0.25, 0.3) is 0 Å². The summed E-state index contributed by atoms with van der Waals surface area (Å²) < 4.78 is 15.1. The molecule has 0 aliphatic rings. The van der Waals surface area contributed by atoms with E-state index in [1.54, 1.807) is 6.92 Å². The minimum Gasteiger partial charge on any atom is -0.429 e. The van der Waals surface area contributed by atoms with Crippen LogP contribution in [0.25, 0.3) is 0 Å². The maximum atomic E-state index is 11.3. The van der Waals surface area contributed by atoms with Crippen molar-refractivity contribution in [3.63, 3.8) is 0 Å². The van der Waals surface area contributed by atoms with E-state index in [1.165, 1.54) is 0 Å². The third-order valence-corrected chi connectivity index (χ3v) is 1.93. The number of benzene rings is 1. The lowest BCUT2D eigenvalue weighted by Crippen LogP contribution is -2.22. The summed E-state index contributed by atoms with van der Waals surface area (Å²) in [6, 6.07) is 9.42. The Labute approximate surface area is 101 Å². The molecule has 4 nitrogen and oxygen atoms in total. The Morgan fingerprint density at radius 3 is 2.41 bits per heavy atom. The molecule has 17 heavy (non-hydrogen) atoms. The van der Waals surface area contributed by atoms with Gasteiger partial charge in [-0.25, -0.2) is 4.79 Å². The van der Waals surface area contributed by atoms with Crippen LogP contribution in [-0.2, 0) is 20.8 Å². The van der Waals surface area contributed by atoms with Crippen molar-refractivity contribution in [3.05, 3.63) is 35.9 Å². The molecule has 0 radical (unpaired) electrons. The summed E-state index contributed by atoms with van der Waals surface area (Å²) in [6.45, 7) is 5.60. The molecule has 1 rings (SSSR count). The number of hydrogen-bond donors (Lipinski definition) is 0. The molecule has 4 heteroatoms. The molecule has 0 aliphatic carbocycles. The summed E-state index contributed by atoms with van der Waals surface area (Å²) in [5.41, 5.74) is 0.918. The van der Waals surface area contributed by atoms with Gasteiger partial charge in [0.1, 0.15) is 6.61 Å². The maximum absolute atomic E-state index is 11.3. The van der Waals surface area contributed by atoms with E-state index in [-0.39, 0.29) is 12.7 Å². The van der Waals surface area contributed by atoms with Crippen LogP contribution in [-0.4, -0.2) is 18.5 Å². The van der Waals surface area contributed by atoms with Crippen LogP contribution in [0.5, 0.6) is 0 Å². The lowest BCUT2D eigenvalue weighted by Gasteiger charge is -2.16. The van der Waals surface area contributed by atoms with E-state index < -0.39 is 12.4 Å². The van der Waals surface area contributed by atoms with Crippen LogP contribution < -0.4 is 0 Å². The second-order valence-electron chi connectivity index (χ2n) is 3.89. The lowest BCUT2D eigenvalue weighted by molar-refractivity contribution is -0.132. The molecule has 0 bridgehead atoms. The van der Waals surface area contributed by atoms with E-state index in [9.17, 15) is 4.79 Å². The third-order valence-electron chi connectivity index (χ3n) is 1.93. The molecule has 0 fully saturated rings. The van der Waals surface area contributed by atoms with Crippen LogP contribution in [0.4, 0.5) is 4.79 Å². The zero-order valence-electron chi connectivity index (χ0n) is 10.4. The molecular formula is C13H18O4. The monoisotopic (exact) mass is 238 g/mol. The number of carbonyl (C=O) groups is 1. The molecule has 0 amide bonds. The van der Waals surface area contributed by atoms with Gasteiger partial charge < -0.3 is 14.2 Å². The molecule has 1 aromatic carbocycles. The fourth-order valence-electron chi connectivity index (χ4n) is 1.30. The minimum atomic E-state index is -0.720. The molecular weight excluding hydrogens is 220 g/mol. The van der Waals surface area contributed by atoms with Gasteiger partial charge in [-0.05, 0) is 26.3 Å². The van der Waals surface area contributed by atoms with Gasteiger partial charge in [-0.1, -0.05) is 30.3 Å². The van der Waals surface area contributed by atoms with E-state index in [4.69, 9.17) is 14.2 Å². The molecule has 1 aromatic rings. The Morgan fingerprint density at radius 2 is 1.82 bits per heavy atom. The van der Waals surface area contributed by atoms with Crippen molar-refractivity contribution in [2.45, 2.75) is 39.8 Å². The smallest absolute Gasteiger partial charge is 0.429 e. The molecule has 0 saturated heterocycles. The van der Waals surface area contributed by atoms with Crippen molar-refractivity contribution in [3.8, 4) is 0 Å². The number of carbonyl (C=O) groups excluding carboxylic acids is 1. The van der Waals surface area contributed by atoms with Crippen molar-refractivity contribution in [2.24, 2.45) is 0 Å². The lowest BCUT2D eigenvalue weighted by atomic mass is 10.2. The van der Waals surface area contributed by atoms with Gasteiger partial charge in [0.15, 0.2) is 0 Å². The first-order chi connectivity index (χ1) is 8.08. The summed E-state index contributed by atoms with van der Waals surface area (Å²) in [5.74, 6) is 0. The average Bonchev–Trinajstić information content (AvgIpc) is 2.26. The van der Waals surface area contributed by atoms with Crippen LogP contribution in [0.1, 0.15) is 26.3 Å². The Bertz CT molecular complexity index is 335. The molecule has 1 atom stereocenters. The van der Waals surface area contributed by atoms with Gasteiger partial charge in [0.2, 0.25) is 6.29 Å². The van der Waals surface area contributed by atoms with Crippen LogP contribution in [0.2, 0.25) is 0 Å². The van der Waals surface area contributed by atoms with Crippen LogP contribution >= 0.6 is 0 Å². The van der Waals surface area contributed by atoms with Gasteiger partial charge in [-0.3, -0.25) is 0 Å². The highest BCUT2D eigenvalue weighted by Gasteiger charge is 2.12. The summed E-state index contributed by atoms with van der Waals surface area (Å²) in [7, 11) is 0. The van der Waals surface area contributed by atoms with Crippen molar-refractivity contribution >= 4 is 6.16 Å². The topological polar surface area (TPSA) is 44.8 Å². The van der Waals surface area contributed by atoms with Crippen molar-refractivity contribution in [1.82, 2.24) is 0 Å². The van der Waals surface area contributed by atoms with E-state index in [0.29, 0.717) is 0 Å². The SMILES string of the molecule is CC(C)OC(C)OC(=O)OCc1ccccc1. The summed E-state index contributed by atoms with van der Waals surface area (Å²) in [4.78, 5) is 11.3. The second-order valence-corrected chi connectivity index (χ2v) is 3.89. The Kier molecular flexibility index (Phi) is 5.49. The zero-order valence-corrected chi connectivity index (χ0v) is 10.4. The van der Waals surface area contributed by atoms with Crippen molar-refractivity contribution in [1.29, 1.82) is 0 Å². The van der Waals surface area contributed by atoms with E-state index in [2.05, 4.69) is 0 Å². The quantitative estimate of drug-likeness (QED) is 0.584. The van der Waals surface area contributed by atoms with Crippen LogP contribution in [0.15, 0.2) is 30.3 Å². The average molecular weight is 238 g/mol. The van der Waals surface area contributed by atoms with E-state index in [1.807, 2.05) is 44.2 Å². The van der Waals surface area contributed by atoms with Crippen LogP contribution in [0, 0.1) is 0 Å². The van der Waals surface area contributed by atoms with Gasteiger partial charge in [0.05, 0.1) is 6.10 Å². The summed E-state index contributed by atoms with van der Waals surface area (Å²) in [6.07, 6.45) is -1.31. The Morgan fingerprint density at radius 1 is 1.18 bits per heavy atom. The van der Waals surface area contributed by atoms with Gasteiger partial charge >= 0.3 is 6.16 Å². The predicted molar refractivity (Wildman–Crippen MR) is 63.4 cm³/mol. The minimum absolute atomic E-state index is 0.00641. The van der Waals surface area contributed by atoms with Crippen molar-refractivity contribution in [2.75, 3.05) is 0 Å². The fraction of sp³-hybridized carbons (Fsp3) is 0.462. The van der Waals surface area contributed by atoms with Crippen LogP contribution in [0.3, 0.4) is 0 Å². The predicted octanol–water partition coefficient (Wildman–Crippen LogP) is 3.11.